The fourth-order valence-electron chi connectivity index (χ4n) is 3.17. The van der Waals surface area contributed by atoms with Crippen LogP contribution in [0.25, 0.3) is 5.69 Å². The van der Waals surface area contributed by atoms with Crippen LogP contribution in [0.2, 0.25) is 5.02 Å². The summed E-state index contributed by atoms with van der Waals surface area (Å²) in [5.41, 5.74) is 6.61. The maximum atomic E-state index is 13.4. The molecule has 0 amide bonds. The smallest absolute Gasteiger partial charge is 0.231 e. The number of aryl methyl sites for hydroxylation is 1. The van der Waals surface area contributed by atoms with Crippen LogP contribution in [0.1, 0.15) is 16.8 Å². The van der Waals surface area contributed by atoms with Gasteiger partial charge in [-0.2, -0.15) is 14.9 Å². The maximum absolute atomic E-state index is 13.4. The minimum Gasteiger partial charge on any atom is -0.438 e. The number of hydrogen-bond donors (Lipinski definition) is 2. The van der Waals surface area contributed by atoms with Crippen molar-refractivity contribution in [2.24, 2.45) is 5.10 Å². The van der Waals surface area contributed by atoms with Gasteiger partial charge in [0.25, 0.3) is 0 Å². The zero-order valence-electron chi connectivity index (χ0n) is 18.4. The molecule has 172 valence electrons. The van der Waals surface area contributed by atoms with E-state index in [0.29, 0.717) is 33.0 Å². The van der Waals surface area contributed by atoms with Crippen molar-refractivity contribution in [1.82, 2.24) is 15.2 Å². The van der Waals surface area contributed by atoms with Gasteiger partial charge in [0.05, 0.1) is 23.2 Å². The predicted molar refractivity (Wildman–Crippen MR) is 138 cm³/mol. The van der Waals surface area contributed by atoms with E-state index in [1.807, 2.05) is 62.4 Å². The molecular formula is C25H21ClFN5OS. The van der Waals surface area contributed by atoms with Crippen molar-refractivity contribution in [1.29, 1.82) is 0 Å². The third-order valence-electron chi connectivity index (χ3n) is 4.97. The second-order valence-electron chi connectivity index (χ2n) is 7.34. The Hall–Kier alpha value is -3.75. The number of ether oxygens (including phenoxy) is 1. The number of hydrazone groups is 1. The quantitative estimate of drug-likeness (QED) is 0.185. The fourth-order valence-corrected chi connectivity index (χ4v) is 3.51. The van der Waals surface area contributed by atoms with Gasteiger partial charge >= 0.3 is 0 Å². The van der Waals surface area contributed by atoms with Crippen molar-refractivity contribution in [3.63, 3.8) is 0 Å². The number of para-hydroxylation sites is 1. The topological polar surface area (TPSA) is 63.5 Å². The first-order valence-corrected chi connectivity index (χ1v) is 11.1. The van der Waals surface area contributed by atoms with E-state index >= 15 is 0 Å². The first-order chi connectivity index (χ1) is 16.4. The van der Waals surface area contributed by atoms with Crippen molar-refractivity contribution in [2.75, 3.05) is 5.32 Å². The number of hydrogen-bond acceptors (Lipinski definition) is 4. The summed E-state index contributed by atoms with van der Waals surface area (Å²) in [4.78, 5) is 0. The van der Waals surface area contributed by atoms with Crippen LogP contribution in [0.5, 0.6) is 11.6 Å². The lowest BCUT2D eigenvalue weighted by Gasteiger charge is -2.11. The van der Waals surface area contributed by atoms with Gasteiger partial charge in [0.15, 0.2) is 5.11 Å². The largest absolute Gasteiger partial charge is 0.438 e. The second kappa shape index (κ2) is 10.5. The fraction of sp³-hybridized carbons (Fsp3) is 0.0800. The van der Waals surface area contributed by atoms with E-state index in [1.54, 1.807) is 23.0 Å². The van der Waals surface area contributed by atoms with Crippen molar-refractivity contribution in [3.8, 4) is 17.3 Å². The highest BCUT2D eigenvalue weighted by Gasteiger charge is 2.18. The average molecular weight is 494 g/mol. The molecule has 2 N–H and O–H groups in total. The Labute approximate surface area is 207 Å². The molecule has 0 fully saturated rings. The van der Waals surface area contributed by atoms with E-state index in [-0.39, 0.29) is 5.82 Å². The molecule has 0 spiro atoms. The van der Waals surface area contributed by atoms with E-state index in [4.69, 9.17) is 28.6 Å². The molecule has 0 saturated carbocycles. The molecule has 4 aromatic rings. The van der Waals surface area contributed by atoms with Gasteiger partial charge in [-0.25, -0.2) is 4.39 Å². The number of anilines is 1. The zero-order chi connectivity index (χ0) is 24.1. The minimum atomic E-state index is -0.345. The molecule has 0 aliphatic carbocycles. The third-order valence-corrected chi connectivity index (χ3v) is 5.57. The van der Waals surface area contributed by atoms with E-state index in [0.717, 1.165) is 16.9 Å². The molecule has 1 heterocycles. The molecule has 3 aromatic carbocycles. The summed E-state index contributed by atoms with van der Waals surface area (Å²) >= 11 is 11.5. The lowest BCUT2D eigenvalue weighted by molar-refractivity contribution is 0.442. The summed E-state index contributed by atoms with van der Waals surface area (Å²) in [6.07, 6.45) is 1.58. The van der Waals surface area contributed by atoms with Crippen LogP contribution < -0.4 is 15.5 Å². The highest BCUT2D eigenvalue weighted by atomic mass is 35.5. The molecule has 0 aliphatic heterocycles. The summed E-state index contributed by atoms with van der Waals surface area (Å²) in [5, 5.41) is 12.9. The lowest BCUT2D eigenvalue weighted by Crippen LogP contribution is -2.24. The second-order valence-corrected chi connectivity index (χ2v) is 8.16. The molecule has 6 nitrogen and oxygen atoms in total. The summed E-state index contributed by atoms with van der Waals surface area (Å²) in [6, 6.07) is 20.9. The molecule has 0 atom stereocenters. The summed E-state index contributed by atoms with van der Waals surface area (Å²) in [6.45, 7) is 3.75. The Kier molecular flexibility index (Phi) is 7.20. The number of thiocarbonyl (C=S) groups is 1. The highest BCUT2D eigenvalue weighted by molar-refractivity contribution is 7.80. The highest BCUT2D eigenvalue weighted by Crippen LogP contribution is 2.29. The molecular weight excluding hydrogens is 473 g/mol. The van der Waals surface area contributed by atoms with Crippen LogP contribution in [0, 0.1) is 19.7 Å². The molecule has 9 heteroatoms. The van der Waals surface area contributed by atoms with Crippen molar-refractivity contribution in [3.05, 3.63) is 100 Å². The van der Waals surface area contributed by atoms with Crippen molar-refractivity contribution in [2.45, 2.75) is 13.8 Å². The van der Waals surface area contributed by atoms with Gasteiger partial charge in [-0.3, -0.25) is 5.43 Å². The van der Waals surface area contributed by atoms with E-state index in [9.17, 15) is 4.39 Å². The van der Waals surface area contributed by atoms with Gasteiger partial charge in [0, 0.05) is 10.7 Å². The number of benzene rings is 3. The number of aromatic nitrogens is 2. The average Bonchev–Trinajstić information content (AvgIpc) is 3.14. The monoisotopic (exact) mass is 493 g/mol. The van der Waals surface area contributed by atoms with Crippen LogP contribution >= 0.6 is 23.8 Å². The molecule has 0 unspecified atom stereocenters. The Bertz CT molecular complexity index is 1340. The Morgan fingerprint density at radius 3 is 2.53 bits per heavy atom. The standard InChI is InChI=1S/C25H21ClFN5OS/c1-16-22(26)9-6-10-23(16)29-25(34)30-28-15-21-17(2)31-32(19-7-4-3-5-8-19)24(21)33-20-13-11-18(27)12-14-20/h3-15H,1-2H3,(H2,29,30,34). The third kappa shape index (κ3) is 5.41. The Morgan fingerprint density at radius 2 is 1.79 bits per heavy atom. The number of nitrogens with one attached hydrogen (secondary N) is 2. The van der Waals surface area contributed by atoms with Gasteiger partial charge in [-0.05, 0) is 80.2 Å². The van der Waals surface area contributed by atoms with E-state index in [2.05, 4.69) is 20.9 Å². The van der Waals surface area contributed by atoms with Crippen LogP contribution in [0.3, 0.4) is 0 Å². The zero-order valence-corrected chi connectivity index (χ0v) is 20.0. The van der Waals surface area contributed by atoms with Crippen molar-refractivity contribution >= 4 is 40.8 Å². The summed E-state index contributed by atoms with van der Waals surface area (Å²) in [5.74, 6) is 0.558. The Morgan fingerprint density at radius 1 is 1.06 bits per heavy atom. The molecule has 0 aliphatic rings. The first-order valence-electron chi connectivity index (χ1n) is 10.4. The summed E-state index contributed by atoms with van der Waals surface area (Å²) in [7, 11) is 0. The van der Waals surface area contributed by atoms with Crippen LogP contribution in [0.15, 0.2) is 77.9 Å². The minimum absolute atomic E-state index is 0.302. The number of nitrogens with zero attached hydrogens (tertiary/aromatic N) is 3. The molecule has 4 rings (SSSR count). The van der Waals surface area contributed by atoms with Gasteiger partial charge in [0.1, 0.15) is 11.6 Å². The molecule has 1 aromatic heterocycles. The molecule has 34 heavy (non-hydrogen) atoms. The first kappa shape index (κ1) is 23.4. The molecule has 0 saturated heterocycles. The van der Waals surface area contributed by atoms with Crippen molar-refractivity contribution < 1.29 is 9.13 Å². The number of rotatable bonds is 6. The van der Waals surface area contributed by atoms with Gasteiger partial charge in [0.2, 0.25) is 5.88 Å². The van der Waals surface area contributed by atoms with Crippen LogP contribution in [-0.4, -0.2) is 21.1 Å². The van der Waals surface area contributed by atoms with Gasteiger partial charge in [-0.1, -0.05) is 35.9 Å². The Balaban J connectivity index is 1.59. The maximum Gasteiger partial charge on any atom is 0.231 e. The summed E-state index contributed by atoms with van der Waals surface area (Å²) < 4.78 is 21.1. The van der Waals surface area contributed by atoms with E-state index in [1.165, 1.54) is 12.1 Å². The molecule has 0 bridgehead atoms. The SMILES string of the molecule is Cc1nn(-c2ccccc2)c(Oc2ccc(F)cc2)c1C=NNC(=S)Nc1cccc(Cl)c1C. The van der Waals surface area contributed by atoms with Crippen LogP contribution in [-0.2, 0) is 0 Å². The molecule has 0 radical (unpaired) electrons. The van der Waals surface area contributed by atoms with Gasteiger partial charge in [-0.15, -0.1) is 0 Å². The lowest BCUT2D eigenvalue weighted by atomic mass is 10.2. The normalized spacial score (nSPS) is 10.9. The van der Waals surface area contributed by atoms with Gasteiger partial charge < -0.3 is 10.1 Å². The van der Waals surface area contributed by atoms with E-state index < -0.39 is 0 Å². The number of halogens is 2. The van der Waals surface area contributed by atoms with Crippen LogP contribution in [0.4, 0.5) is 10.1 Å². The predicted octanol–water partition coefficient (Wildman–Crippen LogP) is 6.39.